The number of nitrogens with zero attached hydrogens (tertiary/aromatic N) is 1. The second-order valence-corrected chi connectivity index (χ2v) is 17.2. The van der Waals surface area contributed by atoms with Gasteiger partial charge < -0.3 is 36.6 Å². The van der Waals surface area contributed by atoms with Gasteiger partial charge in [-0.1, -0.05) is 109 Å². The van der Waals surface area contributed by atoms with E-state index in [4.69, 9.17) is 0 Å². The number of carboxylic acid groups (broad SMARTS) is 1. The zero-order valence-electron chi connectivity index (χ0n) is 35.6. The van der Waals surface area contributed by atoms with Crippen LogP contribution in [0.3, 0.4) is 0 Å². The molecule has 2 aliphatic rings. The number of hydrogen-bond donors (Lipinski definition) is 6. The van der Waals surface area contributed by atoms with Gasteiger partial charge in [-0.05, 0) is 72.4 Å². The molecule has 2 heterocycles. The van der Waals surface area contributed by atoms with Crippen LogP contribution in [0.1, 0.15) is 56.6 Å². The Morgan fingerprint density at radius 3 is 1.81 bits per heavy atom. The van der Waals surface area contributed by atoms with Crippen molar-refractivity contribution in [2.24, 2.45) is 0 Å². The zero-order valence-corrected chi connectivity index (χ0v) is 36.4. The number of hydrogen-bond acceptors (Lipinski definition) is 8. The maximum absolute atomic E-state index is 14.5. The molecule has 64 heavy (non-hydrogen) atoms. The molecule has 6 atom stereocenters. The van der Waals surface area contributed by atoms with Crippen LogP contribution in [0.15, 0.2) is 127 Å². The van der Waals surface area contributed by atoms with Crippen LogP contribution < -0.4 is 26.6 Å². The molecule has 1 saturated heterocycles. The van der Waals surface area contributed by atoms with E-state index in [0.29, 0.717) is 36.1 Å². The van der Waals surface area contributed by atoms with Gasteiger partial charge in [0.1, 0.15) is 30.2 Å². The Morgan fingerprint density at radius 1 is 0.656 bits per heavy atom. The summed E-state index contributed by atoms with van der Waals surface area (Å²) in [7, 11) is 0. The van der Waals surface area contributed by atoms with Gasteiger partial charge in [0, 0.05) is 43.2 Å². The van der Waals surface area contributed by atoms with E-state index >= 15 is 0 Å². The van der Waals surface area contributed by atoms with E-state index in [0.717, 1.165) is 11.1 Å². The lowest BCUT2D eigenvalue weighted by Gasteiger charge is -2.28. The molecule has 0 bridgehead atoms. The molecule has 0 saturated carbocycles. The third-order valence-electron chi connectivity index (χ3n) is 11.2. The summed E-state index contributed by atoms with van der Waals surface area (Å²) < 4.78 is 0. The molecule has 0 aliphatic carbocycles. The first-order chi connectivity index (χ1) is 30.9. The minimum Gasteiger partial charge on any atom is -0.480 e. The van der Waals surface area contributed by atoms with Crippen LogP contribution in [0.5, 0.6) is 0 Å². The van der Waals surface area contributed by atoms with Crippen LogP contribution >= 0.6 is 11.8 Å². The first-order valence-electron chi connectivity index (χ1n) is 21.5. The number of rotatable bonds is 20. The minimum absolute atomic E-state index is 0.0206. The molecular formula is C49H54N6O8S. The van der Waals surface area contributed by atoms with E-state index in [1.54, 1.807) is 48.5 Å². The van der Waals surface area contributed by atoms with E-state index in [9.17, 15) is 38.7 Å². The Labute approximate surface area is 377 Å². The summed E-state index contributed by atoms with van der Waals surface area (Å²) >= 11 is 1.53. The molecule has 0 aromatic heterocycles. The smallest absolute Gasteiger partial charge is 0.326 e. The van der Waals surface area contributed by atoms with Crippen molar-refractivity contribution in [3.8, 4) is 11.1 Å². The molecule has 1 unspecified atom stereocenters. The normalized spacial score (nSPS) is 17.3. The van der Waals surface area contributed by atoms with Crippen molar-refractivity contribution in [1.29, 1.82) is 0 Å². The predicted octanol–water partition coefficient (Wildman–Crippen LogP) is 5.00. The van der Waals surface area contributed by atoms with Crippen LogP contribution in [0.2, 0.25) is 0 Å². The van der Waals surface area contributed by atoms with Gasteiger partial charge in [-0.3, -0.25) is 28.8 Å². The fraction of sp³-hybridized carbons (Fsp3) is 0.327. The molecule has 4 aromatic rings. The summed E-state index contributed by atoms with van der Waals surface area (Å²) in [5, 5.41) is 25.6. The topological polar surface area (TPSA) is 203 Å². The van der Waals surface area contributed by atoms with Gasteiger partial charge in [-0.15, -0.1) is 11.8 Å². The van der Waals surface area contributed by atoms with E-state index < -0.39 is 65.7 Å². The summed E-state index contributed by atoms with van der Waals surface area (Å²) in [6, 6.07) is 29.6. The lowest BCUT2D eigenvalue weighted by molar-refractivity contribution is -0.149. The third-order valence-corrected chi connectivity index (χ3v) is 12.3. The minimum atomic E-state index is -1.23. The Kier molecular flexibility index (Phi) is 16.9. The first kappa shape index (κ1) is 46.8. The maximum Gasteiger partial charge on any atom is 0.326 e. The van der Waals surface area contributed by atoms with E-state index in [-0.39, 0.29) is 49.8 Å². The van der Waals surface area contributed by atoms with Crippen LogP contribution in [-0.2, 0) is 46.4 Å². The Balaban J connectivity index is 1.21. The van der Waals surface area contributed by atoms with Crippen molar-refractivity contribution >= 4 is 58.9 Å². The summed E-state index contributed by atoms with van der Waals surface area (Å²) in [6.45, 7) is 1.72. The number of para-hydroxylation sites is 1. The molecule has 4 aromatic carbocycles. The lowest BCUT2D eigenvalue weighted by Crippen LogP contribution is -2.59. The number of amides is 6. The van der Waals surface area contributed by atoms with Crippen LogP contribution in [-0.4, -0.2) is 93.4 Å². The number of thioether (sulfide) groups is 1. The Hall–Kier alpha value is -6.74. The van der Waals surface area contributed by atoms with Gasteiger partial charge in [0.2, 0.25) is 35.4 Å². The van der Waals surface area contributed by atoms with Gasteiger partial charge >= 0.3 is 5.97 Å². The molecule has 1 fully saturated rings. The maximum atomic E-state index is 14.5. The number of allylic oxidation sites excluding steroid dienone is 1. The van der Waals surface area contributed by atoms with E-state index in [1.807, 2.05) is 78.2 Å². The number of aliphatic carboxylic acids is 1. The van der Waals surface area contributed by atoms with Gasteiger partial charge in [-0.2, -0.15) is 0 Å². The Bertz CT molecular complexity index is 2270. The molecule has 334 valence electrons. The zero-order chi connectivity index (χ0) is 45.4. The number of anilines is 1. The second kappa shape index (κ2) is 23.1. The molecule has 6 rings (SSSR count). The van der Waals surface area contributed by atoms with Gasteiger partial charge in [0.25, 0.3) is 0 Å². The van der Waals surface area contributed by atoms with Crippen molar-refractivity contribution in [2.45, 2.75) is 93.7 Å². The van der Waals surface area contributed by atoms with Gasteiger partial charge in [0.15, 0.2) is 0 Å². The van der Waals surface area contributed by atoms with Crippen molar-refractivity contribution in [3.05, 3.63) is 138 Å². The molecule has 2 aliphatic heterocycles. The average molecular weight is 887 g/mol. The molecule has 0 radical (unpaired) electrons. The number of nitrogens with one attached hydrogen (secondary N) is 5. The number of carbonyl (C=O) groups is 7. The Morgan fingerprint density at radius 2 is 1.20 bits per heavy atom. The summed E-state index contributed by atoms with van der Waals surface area (Å²) in [5.41, 5.74) is 3.97. The van der Waals surface area contributed by atoms with Crippen molar-refractivity contribution < 1.29 is 38.7 Å². The fourth-order valence-electron chi connectivity index (χ4n) is 7.74. The highest BCUT2D eigenvalue weighted by molar-refractivity contribution is 8.03. The highest BCUT2D eigenvalue weighted by Crippen LogP contribution is 2.28. The standard InChI is InChI=1S/C49H54N6O8S/c1-32(48(61)55-27-11-20-42(55)49(62)63)50-45(58)39(29-33-13-5-2-6-14-33)53-46(59)40(30-34-21-23-36(24-22-34)35-15-7-3-8-16-35)54-47(60)41(31-38-19-12-28-64-38)52-44(57)26-25-43(56)51-37-17-9-4-10-18-37/h2-10,12-18,21-24,28,32,38-42H,11,19-20,25-27,29-31H2,1H3,(H,50,58)(H,51,56)(H,52,57)(H,53,59)(H,54,60)(H,62,63)/t32-,38?,39+,40-,41+,42-/m0/s1. The van der Waals surface area contributed by atoms with E-state index in [2.05, 4.69) is 26.6 Å². The quantitative estimate of drug-likeness (QED) is 0.0706. The molecule has 14 nitrogen and oxygen atoms in total. The van der Waals surface area contributed by atoms with Gasteiger partial charge in [0.05, 0.1) is 0 Å². The third kappa shape index (κ3) is 13.6. The molecular weight excluding hydrogens is 833 g/mol. The average Bonchev–Trinajstić information content (AvgIpc) is 4.02. The molecule has 0 spiro atoms. The second-order valence-electron chi connectivity index (χ2n) is 16.0. The monoisotopic (exact) mass is 886 g/mol. The fourth-order valence-corrected chi connectivity index (χ4v) is 8.71. The van der Waals surface area contributed by atoms with Crippen LogP contribution in [0.25, 0.3) is 11.1 Å². The van der Waals surface area contributed by atoms with Crippen LogP contribution in [0, 0.1) is 0 Å². The lowest BCUT2D eigenvalue weighted by atomic mass is 9.99. The van der Waals surface area contributed by atoms with Crippen molar-refractivity contribution in [1.82, 2.24) is 26.2 Å². The molecule has 6 amide bonds. The summed E-state index contributed by atoms with van der Waals surface area (Å²) in [6.07, 6.45) is 3.49. The summed E-state index contributed by atoms with van der Waals surface area (Å²) in [4.78, 5) is 95.5. The largest absolute Gasteiger partial charge is 0.480 e. The number of carbonyl (C=O) groups excluding carboxylic acids is 6. The number of likely N-dealkylation sites (tertiary alicyclic amines) is 1. The highest BCUT2D eigenvalue weighted by Gasteiger charge is 2.37. The van der Waals surface area contributed by atoms with Crippen molar-refractivity contribution in [2.75, 3.05) is 11.9 Å². The predicted molar refractivity (Wildman–Crippen MR) is 246 cm³/mol. The molecule has 6 N–H and O–H groups in total. The SMILES string of the molecule is C[C@H](NC(=O)[C@@H](Cc1ccccc1)NC(=O)[C@H](Cc1ccc(-c2ccccc2)cc1)NC(=O)[C@@H](CC1CC=CS1)NC(=O)CCC(=O)Nc1ccccc1)C(=O)N1CCC[C@H]1C(=O)O. The van der Waals surface area contributed by atoms with Crippen molar-refractivity contribution in [3.63, 3.8) is 0 Å². The number of carboxylic acids is 1. The summed E-state index contributed by atoms with van der Waals surface area (Å²) in [5.74, 6) is -4.50. The highest BCUT2D eigenvalue weighted by atomic mass is 32.2. The van der Waals surface area contributed by atoms with E-state index in [1.165, 1.54) is 23.6 Å². The van der Waals surface area contributed by atoms with Gasteiger partial charge in [-0.25, -0.2) is 4.79 Å². The van der Waals surface area contributed by atoms with Crippen LogP contribution in [0.4, 0.5) is 5.69 Å². The first-order valence-corrected chi connectivity index (χ1v) is 22.4. The molecule has 15 heteroatoms. The number of benzene rings is 4.